The fourth-order valence-electron chi connectivity index (χ4n) is 2.55. The van der Waals surface area contributed by atoms with Crippen molar-refractivity contribution in [3.05, 3.63) is 68.8 Å². The number of rotatable bonds is 3. The van der Waals surface area contributed by atoms with Crippen molar-refractivity contribution in [2.75, 3.05) is 7.11 Å². The molecule has 1 aliphatic heterocycles. The third-order valence-electron chi connectivity index (χ3n) is 3.66. The summed E-state index contributed by atoms with van der Waals surface area (Å²) in [5.41, 5.74) is 1.56. The Morgan fingerprint density at radius 1 is 1.26 bits per heavy atom. The lowest BCUT2D eigenvalue weighted by atomic mass is 10.1. The van der Waals surface area contributed by atoms with Gasteiger partial charge in [-0.25, -0.2) is 4.99 Å². The van der Waals surface area contributed by atoms with E-state index in [9.17, 15) is 4.79 Å². The van der Waals surface area contributed by atoms with Gasteiger partial charge in [-0.1, -0.05) is 0 Å². The van der Waals surface area contributed by atoms with Crippen LogP contribution in [0.3, 0.4) is 0 Å². The Morgan fingerprint density at radius 3 is 2.96 bits per heavy atom. The third kappa shape index (κ3) is 2.30. The van der Waals surface area contributed by atoms with Gasteiger partial charge in [-0.05, 0) is 42.5 Å². The van der Waals surface area contributed by atoms with Crippen LogP contribution in [0, 0.1) is 0 Å². The zero-order valence-electron chi connectivity index (χ0n) is 12.3. The van der Waals surface area contributed by atoms with E-state index < -0.39 is 0 Å². The second-order valence-corrected chi connectivity index (χ2v) is 5.10. The number of hydrogen-bond acceptors (Lipinski definition) is 4. The van der Waals surface area contributed by atoms with Gasteiger partial charge < -0.3 is 9.15 Å². The molecule has 2 aromatic heterocycles. The number of hydrogen-bond donors (Lipinski definition) is 2. The molecule has 3 aromatic rings. The summed E-state index contributed by atoms with van der Waals surface area (Å²) in [6.45, 7) is 0. The molecule has 0 saturated heterocycles. The Kier molecular flexibility index (Phi) is 3.01. The molecule has 0 spiro atoms. The highest BCUT2D eigenvalue weighted by Crippen LogP contribution is 2.21. The van der Waals surface area contributed by atoms with Crippen LogP contribution >= 0.6 is 0 Å². The fourth-order valence-corrected chi connectivity index (χ4v) is 2.55. The maximum atomic E-state index is 12.0. The van der Waals surface area contributed by atoms with Crippen LogP contribution in [0.4, 0.5) is 0 Å². The zero-order chi connectivity index (χ0) is 15.8. The van der Waals surface area contributed by atoms with Gasteiger partial charge in [0, 0.05) is 5.22 Å². The van der Waals surface area contributed by atoms with Crippen LogP contribution < -0.4 is 20.9 Å². The van der Waals surface area contributed by atoms with Crippen LogP contribution in [0.2, 0.25) is 0 Å². The molecule has 3 heterocycles. The number of nitrogens with one attached hydrogen (secondary N) is 2. The van der Waals surface area contributed by atoms with Crippen LogP contribution in [0.1, 0.15) is 5.56 Å². The smallest absolute Gasteiger partial charge is 0.272 e. The van der Waals surface area contributed by atoms with Crippen LogP contribution in [0.25, 0.3) is 23.6 Å². The molecule has 1 aromatic carbocycles. The molecule has 0 unspecified atom stereocenters. The molecule has 0 aliphatic carbocycles. The van der Waals surface area contributed by atoms with E-state index in [1.54, 1.807) is 31.6 Å². The van der Waals surface area contributed by atoms with Crippen LogP contribution in [-0.4, -0.2) is 17.3 Å². The van der Waals surface area contributed by atoms with Crippen molar-refractivity contribution in [1.29, 1.82) is 0 Å². The predicted molar refractivity (Wildman–Crippen MR) is 85.3 cm³/mol. The first-order valence-corrected chi connectivity index (χ1v) is 7.05. The fraction of sp³-hybridized carbons (Fsp3) is 0.0588. The van der Waals surface area contributed by atoms with Crippen molar-refractivity contribution < 1.29 is 9.15 Å². The number of aromatic amines is 2. The summed E-state index contributed by atoms with van der Waals surface area (Å²) < 4.78 is 10.6. The quantitative estimate of drug-likeness (QED) is 0.768. The molecule has 23 heavy (non-hydrogen) atoms. The number of aromatic nitrogens is 2. The average molecular weight is 307 g/mol. The molecular weight excluding hydrogens is 294 g/mol. The van der Waals surface area contributed by atoms with E-state index in [1.165, 1.54) is 0 Å². The number of benzene rings is 1. The van der Waals surface area contributed by atoms with Gasteiger partial charge in [-0.2, -0.15) is 0 Å². The average Bonchev–Trinajstić information content (AvgIpc) is 3.27. The van der Waals surface area contributed by atoms with Gasteiger partial charge in [0.05, 0.1) is 30.0 Å². The highest BCUT2D eigenvalue weighted by Gasteiger charge is 2.13. The molecule has 1 aliphatic rings. The maximum absolute atomic E-state index is 12.0. The summed E-state index contributed by atoms with van der Waals surface area (Å²) in [7, 11) is 1.62. The second kappa shape index (κ2) is 5.17. The minimum atomic E-state index is -0.221. The number of allylic oxidation sites excluding steroid dienone is 1. The van der Waals surface area contributed by atoms with E-state index in [-0.39, 0.29) is 5.56 Å². The molecule has 6 heteroatoms. The number of nitrogens with zero attached hydrogens (tertiary/aromatic N) is 1. The molecule has 0 atom stereocenters. The summed E-state index contributed by atoms with van der Waals surface area (Å²) in [4.78, 5) is 16.6. The normalized spacial score (nSPS) is 14.4. The molecular formula is C17H13N3O3. The van der Waals surface area contributed by atoms with Gasteiger partial charge in [0.25, 0.3) is 5.56 Å². The lowest BCUT2D eigenvalue weighted by Gasteiger charge is -1.95. The Morgan fingerprint density at radius 2 is 2.17 bits per heavy atom. The number of H-pyrrole nitrogens is 2. The van der Waals surface area contributed by atoms with Crippen molar-refractivity contribution in [2.24, 2.45) is 4.99 Å². The van der Waals surface area contributed by atoms with Crippen LogP contribution in [0.5, 0.6) is 5.75 Å². The Bertz CT molecular complexity index is 1070. The molecule has 4 rings (SSSR count). The van der Waals surface area contributed by atoms with Gasteiger partial charge in [0.1, 0.15) is 11.4 Å². The van der Waals surface area contributed by atoms with Crippen molar-refractivity contribution in [3.8, 4) is 17.2 Å². The molecule has 2 N–H and O–H groups in total. The van der Waals surface area contributed by atoms with Gasteiger partial charge in [-0.3, -0.25) is 15.0 Å². The molecule has 0 saturated carbocycles. The number of fused-ring (bicyclic) bond motifs is 1. The van der Waals surface area contributed by atoms with Crippen molar-refractivity contribution in [3.63, 3.8) is 0 Å². The predicted octanol–water partition coefficient (Wildman–Crippen LogP) is 1.43. The van der Waals surface area contributed by atoms with Crippen LogP contribution in [0.15, 0.2) is 56.5 Å². The topological polar surface area (TPSA) is 83.4 Å². The summed E-state index contributed by atoms with van der Waals surface area (Å²) in [5, 5.41) is 7.23. The number of ether oxygens (including phenoxy) is 1. The van der Waals surface area contributed by atoms with E-state index in [0.717, 1.165) is 16.3 Å². The maximum Gasteiger partial charge on any atom is 0.272 e. The van der Waals surface area contributed by atoms with Gasteiger partial charge in [0.15, 0.2) is 5.76 Å². The summed E-state index contributed by atoms with van der Waals surface area (Å²) in [5.74, 6) is 1.36. The highest BCUT2D eigenvalue weighted by molar-refractivity contribution is 5.73. The van der Waals surface area contributed by atoms with Gasteiger partial charge >= 0.3 is 0 Å². The molecule has 114 valence electrons. The minimum absolute atomic E-state index is 0.221. The first-order chi connectivity index (χ1) is 11.2. The molecule has 0 bridgehead atoms. The van der Waals surface area contributed by atoms with Crippen LogP contribution in [-0.2, 0) is 0 Å². The van der Waals surface area contributed by atoms with E-state index in [4.69, 9.17) is 9.15 Å². The number of furan rings is 1. The van der Waals surface area contributed by atoms with E-state index in [0.29, 0.717) is 22.7 Å². The van der Waals surface area contributed by atoms with Crippen molar-refractivity contribution in [2.45, 2.75) is 0 Å². The summed E-state index contributed by atoms with van der Waals surface area (Å²) in [6, 6.07) is 9.22. The Balaban J connectivity index is 1.83. The van der Waals surface area contributed by atoms with Crippen molar-refractivity contribution >= 4 is 12.2 Å². The standard InChI is InChI=1S/C17H13N3O3/c1-22-12-4-5-14-10(8-12)7-11(18-14)9-13-16(19-20-17(13)21)15-3-2-6-23-15/h2-9H,1H3,(H2,19,20,21). The largest absolute Gasteiger partial charge is 0.497 e. The monoisotopic (exact) mass is 307 g/mol. The molecule has 6 nitrogen and oxygen atoms in total. The first-order valence-electron chi connectivity index (χ1n) is 7.05. The molecule has 0 fully saturated rings. The minimum Gasteiger partial charge on any atom is -0.497 e. The van der Waals surface area contributed by atoms with Gasteiger partial charge in [0.2, 0.25) is 0 Å². The number of methoxy groups -OCH3 is 1. The van der Waals surface area contributed by atoms with E-state index >= 15 is 0 Å². The SMILES string of the molecule is COc1ccc2c(c1)=CC(=Cc1c(-c3ccco3)[nH][nH]c1=O)N=2. The Labute approximate surface area is 130 Å². The second-order valence-electron chi connectivity index (χ2n) is 5.10. The lowest BCUT2D eigenvalue weighted by Crippen LogP contribution is -2.20. The highest BCUT2D eigenvalue weighted by atomic mass is 16.5. The lowest BCUT2D eigenvalue weighted by molar-refractivity contribution is 0.414. The zero-order valence-corrected chi connectivity index (χ0v) is 12.3. The third-order valence-corrected chi connectivity index (χ3v) is 3.66. The molecule has 0 radical (unpaired) electrons. The van der Waals surface area contributed by atoms with Crippen molar-refractivity contribution in [1.82, 2.24) is 10.2 Å². The summed E-state index contributed by atoms with van der Waals surface area (Å²) in [6.07, 6.45) is 5.21. The van der Waals surface area contributed by atoms with E-state index in [2.05, 4.69) is 15.2 Å². The first kappa shape index (κ1) is 13.4. The molecule has 0 amide bonds. The Hall–Kier alpha value is -3.28. The van der Waals surface area contributed by atoms with E-state index in [1.807, 2.05) is 24.3 Å². The summed E-state index contributed by atoms with van der Waals surface area (Å²) >= 11 is 0. The van der Waals surface area contributed by atoms with Gasteiger partial charge in [-0.15, -0.1) is 0 Å².